The summed E-state index contributed by atoms with van der Waals surface area (Å²) in [6, 6.07) is 12.3. The smallest absolute Gasteiger partial charge is 0.276 e. The van der Waals surface area contributed by atoms with Crippen molar-refractivity contribution < 1.29 is 19.1 Å². The second kappa shape index (κ2) is 8.94. The Hall–Kier alpha value is -2.73. The predicted octanol–water partition coefficient (Wildman–Crippen LogP) is 2.56. The van der Waals surface area contributed by atoms with Crippen LogP contribution in [0.5, 0.6) is 11.5 Å². The van der Waals surface area contributed by atoms with E-state index in [1.807, 2.05) is 26.0 Å². The summed E-state index contributed by atoms with van der Waals surface area (Å²) in [4.78, 5) is 23.3. The van der Waals surface area contributed by atoms with Gasteiger partial charge in [0.1, 0.15) is 11.5 Å². The lowest BCUT2D eigenvalue weighted by molar-refractivity contribution is -0.131. The average molecular weight is 363 g/mol. The van der Waals surface area contributed by atoms with Crippen LogP contribution in [0.4, 0.5) is 0 Å². The summed E-state index contributed by atoms with van der Waals surface area (Å²) in [6.45, 7) is 3.43. The molecule has 2 amide bonds. The molecule has 2 aromatic rings. The Labute approximate surface area is 151 Å². The van der Waals surface area contributed by atoms with E-state index in [1.54, 1.807) is 30.3 Å². The lowest BCUT2D eigenvalue weighted by atomic mass is 10.1. The monoisotopic (exact) mass is 362 g/mol. The van der Waals surface area contributed by atoms with Gasteiger partial charge in [0.15, 0.2) is 13.2 Å². The first-order valence-electron chi connectivity index (χ1n) is 7.60. The standard InChI is InChI=1S/C18H19ClN2O4/c1-12-3-8-16(13(2)9-12)25-11-18(23)21-20-17(22)10-24-15-6-4-14(19)5-7-15/h3-9H,10-11H2,1-2H3,(H,20,22)(H,21,23). The Morgan fingerprint density at radius 1 is 0.920 bits per heavy atom. The van der Waals surface area contributed by atoms with Crippen molar-refractivity contribution in [3.05, 3.63) is 58.6 Å². The molecule has 6 nitrogen and oxygen atoms in total. The molecular weight excluding hydrogens is 344 g/mol. The first-order valence-corrected chi connectivity index (χ1v) is 7.98. The minimum atomic E-state index is -0.491. The summed E-state index contributed by atoms with van der Waals surface area (Å²) in [6.07, 6.45) is 0. The van der Waals surface area contributed by atoms with Gasteiger partial charge in [0.05, 0.1) is 0 Å². The van der Waals surface area contributed by atoms with E-state index >= 15 is 0 Å². The fourth-order valence-electron chi connectivity index (χ4n) is 2.00. The first-order chi connectivity index (χ1) is 11.9. The summed E-state index contributed by atoms with van der Waals surface area (Å²) < 4.78 is 10.7. The van der Waals surface area contributed by atoms with Crippen molar-refractivity contribution >= 4 is 23.4 Å². The molecule has 0 aliphatic rings. The minimum absolute atomic E-state index is 0.206. The number of nitrogens with one attached hydrogen (secondary N) is 2. The maximum atomic E-state index is 11.7. The molecule has 0 unspecified atom stereocenters. The van der Waals surface area contributed by atoms with E-state index in [4.69, 9.17) is 21.1 Å². The maximum Gasteiger partial charge on any atom is 0.276 e. The molecule has 0 bridgehead atoms. The number of hydrazine groups is 1. The summed E-state index contributed by atoms with van der Waals surface area (Å²) in [5.74, 6) is 0.164. The summed E-state index contributed by atoms with van der Waals surface area (Å²) >= 11 is 5.76. The van der Waals surface area contributed by atoms with Gasteiger partial charge < -0.3 is 9.47 Å². The van der Waals surface area contributed by atoms with Gasteiger partial charge in [-0.2, -0.15) is 0 Å². The minimum Gasteiger partial charge on any atom is -0.484 e. The summed E-state index contributed by atoms with van der Waals surface area (Å²) in [7, 11) is 0. The number of benzene rings is 2. The van der Waals surface area contributed by atoms with Crippen LogP contribution in [0.1, 0.15) is 11.1 Å². The zero-order valence-electron chi connectivity index (χ0n) is 14.0. The predicted molar refractivity (Wildman–Crippen MR) is 94.6 cm³/mol. The van der Waals surface area contributed by atoms with E-state index in [1.165, 1.54) is 0 Å². The number of carbonyl (C=O) groups excluding carboxylic acids is 2. The Kier molecular flexibility index (Phi) is 6.65. The number of ether oxygens (including phenoxy) is 2. The van der Waals surface area contributed by atoms with Crippen LogP contribution in [-0.4, -0.2) is 25.0 Å². The molecule has 0 aliphatic carbocycles. The quantitative estimate of drug-likeness (QED) is 0.774. The molecule has 0 saturated carbocycles. The zero-order chi connectivity index (χ0) is 18.2. The molecule has 7 heteroatoms. The van der Waals surface area contributed by atoms with Gasteiger partial charge in [0.2, 0.25) is 0 Å². The number of rotatable bonds is 6. The molecule has 0 fully saturated rings. The highest BCUT2D eigenvalue weighted by Crippen LogP contribution is 2.18. The number of amides is 2. The molecular formula is C18H19ClN2O4. The molecule has 2 N–H and O–H groups in total. The van der Waals surface area contributed by atoms with Crippen LogP contribution in [-0.2, 0) is 9.59 Å². The molecule has 132 valence electrons. The van der Waals surface area contributed by atoms with Crippen molar-refractivity contribution in [3.8, 4) is 11.5 Å². The highest BCUT2D eigenvalue weighted by Gasteiger charge is 2.07. The van der Waals surface area contributed by atoms with E-state index in [2.05, 4.69) is 10.9 Å². The lowest BCUT2D eigenvalue weighted by Crippen LogP contribution is -2.45. The highest BCUT2D eigenvalue weighted by molar-refractivity contribution is 6.30. The molecule has 2 aromatic carbocycles. The van der Waals surface area contributed by atoms with Crippen LogP contribution in [0.15, 0.2) is 42.5 Å². The van der Waals surface area contributed by atoms with Gasteiger partial charge in [-0.25, -0.2) is 0 Å². The van der Waals surface area contributed by atoms with Crippen LogP contribution in [0.25, 0.3) is 0 Å². The van der Waals surface area contributed by atoms with Crippen LogP contribution >= 0.6 is 11.6 Å². The van der Waals surface area contributed by atoms with E-state index < -0.39 is 11.8 Å². The van der Waals surface area contributed by atoms with Crippen LogP contribution < -0.4 is 20.3 Å². The van der Waals surface area contributed by atoms with Crippen molar-refractivity contribution in [2.24, 2.45) is 0 Å². The van der Waals surface area contributed by atoms with E-state index in [-0.39, 0.29) is 13.2 Å². The number of hydrogen-bond acceptors (Lipinski definition) is 4. The molecule has 0 saturated heterocycles. The average Bonchev–Trinajstić information content (AvgIpc) is 2.58. The van der Waals surface area contributed by atoms with Crippen LogP contribution in [0.3, 0.4) is 0 Å². The second-order valence-electron chi connectivity index (χ2n) is 5.40. The molecule has 0 radical (unpaired) electrons. The topological polar surface area (TPSA) is 76.7 Å². The van der Waals surface area contributed by atoms with Gasteiger partial charge in [-0.1, -0.05) is 29.3 Å². The number of halogens is 1. The van der Waals surface area contributed by atoms with Crippen LogP contribution in [0, 0.1) is 13.8 Å². The van der Waals surface area contributed by atoms with Gasteiger partial charge in [0, 0.05) is 5.02 Å². The van der Waals surface area contributed by atoms with E-state index in [0.29, 0.717) is 16.5 Å². The maximum absolute atomic E-state index is 11.7. The number of hydrogen-bond donors (Lipinski definition) is 2. The fraction of sp³-hybridized carbons (Fsp3) is 0.222. The third-order valence-corrected chi connectivity index (χ3v) is 3.47. The second-order valence-corrected chi connectivity index (χ2v) is 5.83. The van der Waals surface area contributed by atoms with Gasteiger partial charge in [-0.3, -0.25) is 20.4 Å². The van der Waals surface area contributed by atoms with Gasteiger partial charge in [-0.15, -0.1) is 0 Å². The number of aryl methyl sites for hydroxylation is 2. The van der Waals surface area contributed by atoms with Crippen LogP contribution in [0.2, 0.25) is 5.02 Å². The van der Waals surface area contributed by atoms with Crippen molar-refractivity contribution in [1.82, 2.24) is 10.9 Å². The number of carbonyl (C=O) groups is 2. The SMILES string of the molecule is Cc1ccc(OCC(=O)NNC(=O)COc2ccc(Cl)cc2)c(C)c1. The van der Waals surface area contributed by atoms with Gasteiger partial charge >= 0.3 is 0 Å². The Morgan fingerprint density at radius 2 is 1.52 bits per heavy atom. The van der Waals surface area contributed by atoms with Crippen molar-refractivity contribution in [2.75, 3.05) is 13.2 Å². The Balaban J connectivity index is 1.68. The summed E-state index contributed by atoms with van der Waals surface area (Å²) in [5.41, 5.74) is 6.57. The third kappa shape index (κ3) is 6.35. The Bertz CT molecular complexity index is 747. The molecule has 0 aliphatic heterocycles. The molecule has 2 rings (SSSR count). The largest absolute Gasteiger partial charge is 0.484 e. The summed E-state index contributed by atoms with van der Waals surface area (Å²) in [5, 5.41) is 0.577. The van der Waals surface area contributed by atoms with Gasteiger partial charge in [-0.05, 0) is 49.7 Å². The van der Waals surface area contributed by atoms with E-state index in [0.717, 1.165) is 11.1 Å². The van der Waals surface area contributed by atoms with Crippen molar-refractivity contribution in [2.45, 2.75) is 13.8 Å². The van der Waals surface area contributed by atoms with E-state index in [9.17, 15) is 9.59 Å². The van der Waals surface area contributed by atoms with Crippen molar-refractivity contribution in [3.63, 3.8) is 0 Å². The first kappa shape index (κ1) is 18.6. The van der Waals surface area contributed by atoms with Gasteiger partial charge in [0.25, 0.3) is 11.8 Å². The highest BCUT2D eigenvalue weighted by atomic mass is 35.5. The lowest BCUT2D eigenvalue weighted by Gasteiger charge is -2.11. The molecule has 0 spiro atoms. The van der Waals surface area contributed by atoms with Crippen molar-refractivity contribution in [1.29, 1.82) is 0 Å². The molecule has 0 aromatic heterocycles. The normalized spacial score (nSPS) is 10.0. The zero-order valence-corrected chi connectivity index (χ0v) is 14.7. The molecule has 0 atom stereocenters. The third-order valence-electron chi connectivity index (χ3n) is 3.21. The fourth-order valence-corrected chi connectivity index (χ4v) is 2.12. The molecule has 0 heterocycles. The Morgan fingerprint density at radius 3 is 2.12 bits per heavy atom. The molecule has 25 heavy (non-hydrogen) atoms.